The molecule has 0 amide bonds. The molecule has 2 N–H and O–H groups in total. The normalized spacial score (nSPS) is 12.3. The summed E-state index contributed by atoms with van der Waals surface area (Å²) in [5.74, 6) is 0.179. The fourth-order valence-electron chi connectivity index (χ4n) is 1.97. The van der Waals surface area contributed by atoms with Crippen molar-refractivity contribution in [3.63, 3.8) is 0 Å². The number of aromatic hydroxyl groups is 1. The van der Waals surface area contributed by atoms with E-state index in [1.165, 1.54) is 0 Å². The van der Waals surface area contributed by atoms with Gasteiger partial charge in [-0.05, 0) is 56.2 Å². The van der Waals surface area contributed by atoms with Crippen LogP contribution in [-0.4, -0.2) is 19.1 Å². The van der Waals surface area contributed by atoms with Crippen LogP contribution in [0, 0.1) is 0 Å². The van der Waals surface area contributed by atoms with Crippen LogP contribution in [0.1, 0.15) is 20.8 Å². The summed E-state index contributed by atoms with van der Waals surface area (Å²) in [7, 11) is -3.52. The maximum absolute atomic E-state index is 12.2. The Balaban J connectivity index is 2.31. The minimum atomic E-state index is -3.52. The molecule has 0 aromatic heterocycles. The predicted octanol–water partition coefficient (Wildman–Crippen LogP) is 3.14. The van der Waals surface area contributed by atoms with Crippen LogP contribution >= 0.6 is 0 Å². The van der Waals surface area contributed by atoms with Gasteiger partial charge in [0.15, 0.2) is 0 Å². The standard InChI is InChI=1S/C16H19NO3S/c1-16(2,3)17-21(19,20)15-9-7-12(8-10-15)13-5-4-6-14(18)11-13/h4-11,17-18H,1-3H3. The Morgan fingerprint density at radius 3 is 2.10 bits per heavy atom. The zero-order valence-electron chi connectivity index (χ0n) is 12.3. The minimum absolute atomic E-state index is 0.179. The number of phenols is 1. The number of hydrogen-bond donors (Lipinski definition) is 2. The number of hydrogen-bond acceptors (Lipinski definition) is 3. The summed E-state index contributed by atoms with van der Waals surface area (Å²) in [4.78, 5) is 0.223. The lowest BCUT2D eigenvalue weighted by Gasteiger charge is -2.20. The topological polar surface area (TPSA) is 66.4 Å². The molecule has 4 nitrogen and oxygen atoms in total. The van der Waals surface area contributed by atoms with Crippen LogP contribution in [0.3, 0.4) is 0 Å². The first-order valence-electron chi connectivity index (χ1n) is 6.61. The first kappa shape index (κ1) is 15.5. The molecule has 21 heavy (non-hydrogen) atoms. The van der Waals surface area contributed by atoms with Crippen LogP contribution in [0.4, 0.5) is 0 Å². The third-order valence-corrected chi connectivity index (χ3v) is 4.56. The first-order valence-corrected chi connectivity index (χ1v) is 8.09. The predicted molar refractivity (Wildman–Crippen MR) is 83.6 cm³/mol. The lowest BCUT2D eigenvalue weighted by Crippen LogP contribution is -2.40. The Bertz CT molecular complexity index is 729. The van der Waals surface area contributed by atoms with E-state index in [0.29, 0.717) is 0 Å². The van der Waals surface area contributed by atoms with E-state index in [-0.39, 0.29) is 10.6 Å². The van der Waals surface area contributed by atoms with Crippen LogP contribution in [-0.2, 0) is 10.0 Å². The molecule has 0 bridgehead atoms. The van der Waals surface area contributed by atoms with Crippen molar-refractivity contribution in [1.29, 1.82) is 0 Å². The molecule has 0 aliphatic rings. The Morgan fingerprint density at radius 2 is 1.57 bits per heavy atom. The van der Waals surface area contributed by atoms with E-state index >= 15 is 0 Å². The van der Waals surface area contributed by atoms with Gasteiger partial charge in [0.1, 0.15) is 5.75 Å². The number of rotatable bonds is 3. The average molecular weight is 305 g/mol. The summed E-state index contributed by atoms with van der Waals surface area (Å²) in [6, 6.07) is 13.4. The zero-order chi connectivity index (χ0) is 15.7. The molecule has 0 spiro atoms. The molecule has 0 atom stereocenters. The van der Waals surface area contributed by atoms with Gasteiger partial charge in [0.05, 0.1) is 4.90 Å². The summed E-state index contributed by atoms with van der Waals surface area (Å²) in [6.07, 6.45) is 0. The van der Waals surface area contributed by atoms with E-state index in [2.05, 4.69) is 4.72 Å². The van der Waals surface area contributed by atoms with Crippen molar-refractivity contribution in [2.75, 3.05) is 0 Å². The highest BCUT2D eigenvalue weighted by Gasteiger charge is 2.21. The van der Waals surface area contributed by atoms with E-state index in [0.717, 1.165) is 11.1 Å². The van der Waals surface area contributed by atoms with E-state index in [1.807, 2.05) is 6.07 Å². The lowest BCUT2D eigenvalue weighted by atomic mass is 10.1. The highest BCUT2D eigenvalue weighted by atomic mass is 32.2. The van der Waals surface area contributed by atoms with Crippen molar-refractivity contribution in [2.45, 2.75) is 31.2 Å². The summed E-state index contributed by atoms with van der Waals surface area (Å²) < 4.78 is 27.0. The molecule has 2 aromatic rings. The molecule has 0 saturated carbocycles. The molecule has 0 unspecified atom stereocenters. The maximum Gasteiger partial charge on any atom is 0.241 e. The SMILES string of the molecule is CC(C)(C)NS(=O)(=O)c1ccc(-c2cccc(O)c2)cc1. The first-order chi connectivity index (χ1) is 9.67. The van der Waals surface area contributed by atoms with Gasteiger partial charge in [0, 0.05) is 5.54 Å². The summed E-state index contributed by atoms with van der Waals surface area (Å²) in [6.45, 7) is 5.39. The van der Waals surface area contributed by atoms with Crippen LogP contribution in [0.25, 0.3) is 11.1 Å². The third kappa shape index (κ3) is 4.06. The minimum Gasteiger partial charge on any atom is -0.508 e. The number of phenolic OH excluding ortho intramolecular Hbond substituents is 1. The molecule has 112 valence electrons. The fraction of sp³-hybridized carbons (Fsp3) is 0.250. The van der Waals surface area contributed by atoms with Gasteiger partial charge in [-0.3, -0.25) is 0 Å². The van der Waals surface area contributed by atoms with Crippen LogP contribution in [0.2, 0.25) is 0 Å². The number of nitrogens with one attached hydrogen (secondary N) is 1. The van der Waals surface area contributed by atoms with Gasteiger partial charge in [-0.25, -0.2) is 13.1 Å². The van der Waals surface area contributed by atoms with Gasteiger partial charge in [0.2, 0.25) is 10.0 Å². The molecule has 0 aliphatic heterocycles. The fourth-order valence-corrected chi connectivity index (χ4v) is 3.39. The van der Waals surface area contributed by atoms with Gasteiger partial charge in [-0.15, -0.1) is 0 Å². The largest absolute Gasteiger partial charge is 0.508 e. The lowest BCUT2D eigenvalue weighted by molar-refractivity contribution is 0.475. The summed E-state index contributed by atoms with van der Waals surface area (Å²) in [5.41, 5.74) is 1.16. The number of benzene rings is 2. The van der Waals surface area contributed by atoms with Gasteiger partial charge in [-0.2, -0.15) is 0 Å². The quantitative estimate of drug-likeness (QED) is 0.915. The molecule has 0 heterocycles. The molecular weight excluding hydrogens is 286 g/mol. The Kier molecular flexibility index (Phi) is 4.07. The van der Waals surface area contributed by atoms with Crippen molar-refractivity contribution >= 4 is 10.0 Å². The molecule has 0 aliphatic carbocycles. The molecule has 5 heteroatoms. The van der Waals surface area contributed by atoms with E-state index in [9.17, 15) is 13.5 Å². The van der Waals surface area contributed by atoms with Gasteiger partial charge in [0.25, 0.3) is 0 Å². The van der Waals surface area contributed by atoms with Crippen LogP contribution in [0.5, 0.6) is 5.75 Å². The van der Waals surface area contributed by atoms with E-state index < -0.39 is 15.6 Å². The molecular formula is C16H19NO3S. The van der Waals surface area contributed by atoms with Crippen molar-refractivity contribution in [3.8, 4) is 16.9 Å². The Morgan fingerprint density at radius 1 is 0.952 bits per heavy atom. The number of sulfonamides is 1. The second kappa shape index (κ2) is 5.50. The molecule has 2 rings (SSSR count). The van der Waals surface area contributed by atoms with Crippen LogP contribution < -0.4 is 4.72 Å². The highest BCUT2D eigenvalue weighted by Crippen LogP contribution is 2.24. The van der Waals surface area contributed by atoms with Crippen molar-refractivity contribution < 1.29 is 13.5 Å². The summed E-state index contributed by atoms with van der Waals surface area (Å²) in [5, 5.41) is 9.48. The average Bonchev–Trinajstić information content (AvgIpc) is 2.36. The van der Waals surface area contributed by atoms with E-state index in [1.54, 1.807) is 63.2 Å². The summed E-state index contributed by atoms with van der Waals surface area (Å²) >= 11 is 0. The molecule has 0 radical (unpaired) electrons. The van der Waals surface area contributed by atoms with E-state index in [4.69, 9.17) is 0 Å². The Labute approximate surface area is 125 Å². The van der Waals surface area contributed by atoms with Crippen molar-refractivity contribution in [3.05, 3.63) is 48.5 Å². The van der Waals surface area contributed by atoms with Gasteiger partial charge >= 0.3 is 0 Å². The molecule has 2 aromatic carbocycles. The highest BCUT2D eigenvalue weighted by molar-refractivity contribution is 7.89. The molecule has 0 saturated heterocycles. The van der Waals surface area contributed by atoms with Gasteiger partial charge in [-0.1, -0.05) is 24.3 Å². The molecule has 0 fully saturated rings. The van der Waals surface area contributed by atoms with Gasteiger partial charge < -0.3 is 5.11 Å². The van der Waals surface area contributed by atoms with Crippen molar-refractivity contribution in [1.82, 2.24) is 4.72 Å². The second-order valence-corrected chi connectivity index (χ2v) is 7.61. The van der Waals surface area contributed by atoms with Crippen molar-refractivity contribution in [2.24, 2.45) is 0 Å². The smallest absolute Gasteiger partial charge is 0.241 e. The monoisotopic (exact) mass is 305 g/mol. The third-order valence-electron chi connectivity index (χ3n) is 2.78. The maximum atomic E-state index is 12.2. The van der Waals surface area contributed by atoms with Crippen LogP contribution in [0.15, 0.2) is 53.4 Å². The second-order valence-electron chi connectivity index (χ2n) is 5.93. The Hall–Kier alpha value is -1.85. The zero-order valence-corrected chi connectivity index (χ0v) is 13.1.